The molecule has 1 unspecified atom stereocenters. The van der Waals surface area contributed by atoms with Gasteiger partial charge >= 0.3 is 0 Å². The van der Waals surface area contributed by atoms with Crippen LogP contribution in [0.3, 0.4) is 0 Å². The number of carbonyl (C=O) groups is 1. The highest BCUT2D eigenvalue weighted by Crippen LogP contribution is 2.34. The minimum absolute atomic E-state index is 0.0663. The Morgan fingerprint density at radius 2 is 1.63 bits per heavy atom. The number of hydrogen-bond donors (Lipinski definition) is 1. The fourth-order valence-corrected chi connectivity index (χ4v) is 3.30. The van der Waals surface area contributed by atoms with E-state index in [1.54, 1.807) is 34.5 Å². The number of nitrogens with zero attached hydrogens (tertiary/aromatic N) is 1. The maximum Gasteiger partial charge on any atom is 0.234 e. The van der Waals surface area contributed by atoms with Gasteiger partial charge in [0.05, 0.1) is 35.0 Å². The quantitative estimate of drug-likeness (QED) is 0.605. The highest BCUT2D eigenvalue weighted by atomic mass is 16.5. The van der Waals surface area contributed by atoms with Gasteiger partial charge in [-0.3, -0.25) is 9.69 Å². The van der Waals surface area contributed by atoms with Crippen LogP contribution >= 0.6 is 0 Å². The monoisotopic (exact) mass is 416 g/mol. The molecule has 30 heavy (non-hydrogen) atoms. The second-order valence-electron chi connectivity index (χ2n) is 6.81. The van der Waals surface area contributed by atoms with Crippen molar-refractivity contribution in [2.45, 2.75) is 26.4 Å². The van der Waals surface area contributed by atoms with E-state index >= 15 is 0 Å². The molecule has 0 saturated carbocycles. The molecule has 0 aliphatic carbocycles. The first-order valence-electron chi connectivity index (χ1n) is 9.90. The third kappa shape index (κ3) is 5.79. The third-order valence-electron chi connectivity index (χ3n) is 5.14. The number of benzene rings is 2. The summed E-state index contributed by atoms with van der Waals surface area (Å²) < 4.78 is 21.4. The molecule has 2 rings (SSSR count). The maximum atomic E-state index is 12.6. The molecule has 0 spiro atoms. The summed E-state index contributed by atoms with van der Waals surface area (Å²) in [4.78, 5) is 14.8. The minimum Gasteiger partial charge on any atom is -0.497 e. The molecule has 7 nitrogen and oxygen atoms in total. The smallest absolute Gasteiger partial charge is 0.234 e. The largest absolute Gasteiger partial charge is 0.497 e. The van der Waals surface area contributed by atoms with Crippen LogP contribution in [0.5, 0.6) is 23.0 Å². The van der Waals surface area contributed by atoms with E-state index in [-0.39, 0.29) is 18.5 Å². The van der Waals surface area contributed by atoms with E-state index in [0.717, 1.165) is 23.4 Å². The molecule has 1 atom stereocenters. The average Bonchev–Trinajstić information content (AvgIpc) is 2.79. The predicted molar refractivity (Wildman–Crippen MR) is 117 cm³/mol. The summed E-state index contributed by atoms with van der Waals surface area (Å²) in [6, 6.07) is 11.6. The van der Waals surface area contributed by atoms with Gasteiger partial charge in [0, 0.05) is 24.2 Å². The van der Waals surface area contributed by atoms with Crippen LogP contribution < -0.4 is 24.3 Å². The SMILES string of the molecule is CCN(CC(=O)NCc1cc(OC)c(OC)cc1OC)C(C)c1cccc(OC)c1. The molecule has 7 heteroatoms. The Balaban J connectivity index is 2.05. The topological polar surface area (TPSA) is 69.3 Å². The number of amides is 1. The van der Waals surface area contributed by atoms with Gasteiger partial charge in [-0.25, -0.2) is 0 Å². The van der Waals surface area contributed by atoms with Crippen molar-refractivity contribution in [1.82, 2.24) is 10.2 Å². The Labute approximate surface area is 178 Å². The summed E-state index contributed by atoms with van der Waals surface area (Å²) >= 11 is 0. The average molecular weight is 417 g/mol. The standard InChI is InChI=1S/C23H32N2O5/c1-7-25(16(2)17-9-8-10-19(11-17)27-3)15-23(26)24-14-18-12-21(29-5)22(30-6)13-20(18)28-4/h8-13,16H,7,14-15H2,1-6H3,(H,24,26). The minimum atomic E-state index is -0.0663. The Kier molecular flexibility index (Phi) is 8.80. The van der Waals surface area contributed by atoms with Crippen molar-refractivity contribution in [3.63, 3.8) is 0 Å². The van der Waals surface area contributed by atoms with E-state index in [2.05, 4.69) is 17.1 Å². The van der Waals surface area contributed by atoms with Gasteiger partial charge in [0.1, 0.15) is 11.5 Å². The van der Waals surface area contributed by atoms with Crippen LogP contribution in [0, 0.1) is 0 Å². The Morgan fingerprint density at radius 3 is 2.23 bits per heavy atom. The molecule has 164 valence electrons. The fraction of sp³-hybridized carbons (Fsp3) is 0.435. The maximum absolute atomic E-state index is 12.6. The van der Waals surface area contributed by atoms with Gasteiger partial charge in [-0.2, -0.15) is 0 Å². The summed E-state index contributed by atoms with van der Waals surface area (Å²) in [7, 11) is 6.38. The van der Waals surface area contributed by atoms with Crippen molar-refractivity contribution < 1.29 is 23.7 Å². The normalized spacial score (nSPS) is 11.7. The summed E-state index contributed by atoms with van der Waals surface area (Å²) in [6.45, 7) is 5.48. The first-order chi connectivity index (χ1) is 14.5. The van der Waals surface area contributed by atoms with Gasteiger partial charge in [-0.05, 0) is 37.2 Å². The molecular weight excluding hydrogens is 384 g/mol. The molecule has 0 radical (unpaired) electrons. The lowest BCUT2D eigenvalue weighted by Gasteiger charge is -2.28. The Bertz CT molecular complexity index is 840. The van der Waals surface area contributed by atoms with Crippen LogP contribution in [-0.2, 0) is 11.3 Å². The van der Waals surface area contributed by atoms with Crippen LogP contribution in [0.1, 0.15) is 31.0 Å². The summed E-state index contributed by atoms with van der Waals surface area (Å²) in [5, 5.41) is 2.97. The Hall–Kier alpha value is -2.93. The zero-order valence-electron chi connectivity index (χ0n) is 18.7. The second-order valence-corrected chi connectivity index (χ2v) is 6.81. The lowest BCUT2D eigenvalue weighted by atomic mass is 10.1. The van der Waals surface area contributed by atoms with Crippen molar-refractivity contribution in [1.29, 1.82) is 0 Å². The van der Waals surface area contributed by atoms with E-state index < -0.39 is 0 Å². The summed E-state index contributed by atoms with van der Waals surface area (Å²) in [5.74, 6) is 2.53. The molecule has 0 heterocycles. The van der Waals surface area contributed by atoms with Gasteiger partial charge in [0.25, 0.3) is 0 Å². The van der Waals surface area contributed by atoms with Crippen molar-refractivity contribution in [2.24, 2.45) is 0 Å². The van der Waals surface area contributed by atoms with Gasteiger partial charge in [0.2, 0.25) is 5.91 Å². The first kappa shape index (κ1) is 23.3. The number of carbonyl (C=O) groups excluding carboxylic acids is 1. The molecule has 0 aromatic heterocycles. The fourth-order valence-electron chi connectivity index (χ4n) is 3.30. The molecule has 2 aromatic rings. The number of hydrogen-bond acceptors (Lipinski definition) is 6. The van der Waals surface area contributed by atoms with Gasteiger partial charge in [-0.15, -0.1) is 0 Å². The van der Waals surface area contributed by atoms with Crippen LogP contribution in [0.25, 0.3) is 0 Å². The molecule has 0 bridgehead atoms. The van der Waals surface area contributed by atoms with Gasteiger partial charge in [-0.1, -0.05) is 19.1 Å². The van der Waals surface area contributed by atoms with Gasteiger partial charge < -0.3 is 24.3 Å². The van der Waals surface area contributed by atoms with Crippen LogP contribution in [0.15, 0.2) is 36.4 Å². The van der Waals surface area contributed by atoms with Crippen LogP contribution in [0.4, 0.5) is 0 Å². The van der Waals surface area contributed by atoms with E-state index in [1.165, 1.54) is 0 Å². The molecule has 2 aromatic carbocycles. The summed E-state index contributed by atoms with van der Waals surface area (Å²) in [6.07, 6.45) is 0. The number of rotatable bonds is 11. The van der Waals surface area contributed by atoms with E-state index in [9.17, 15) is 4.79 Å². The number of nitrogens with one attached hydrogen (secondary N) is 1. The predicted octanol–water partition coefficient (Wildman–Crippen LogP) is 3.42. The third-order valence-corrected chi connectivity index (χ3v) is 5.14. The highest BCUT2D eigenvalue weighted by Gasteiger charge is 2.19. The molecule has 0 saturated heterocycles. The van der Waals surface area contributed by atoms with Crippen molar-refractivity contribution in [3.05, 3.63) is 47.5 Å². The molecule has 0 aliphatic rings. The zero-order chi connectivity index (χ0) is 22.1. The van der Waals surface area contributed by atoms with Crippen molar-refractivity contribution in [2.75, 3.05) is 41.5 Å². The number of ether oxygens (including phenoxy) is 4. The van der Waals surface area contributed by atoms with Crippen molar-refractivity contribution >= 4 is 5.91 Å². The zero-order valence-corrected chi connectivity index (χ0v) is 18.7. The highest BCUT2D eigenvalue weighted by molar-refractivity contribution is 5.78. The van der Waals surface area contributed by atoms with Crippen LogP contribution in [-0.4, -0.2) is 52.3 Å². The molecule has 1 N–H and O–H groups in total. The van der Waals surface area contributed by atoms with E-state index in [4.69, 9.17) is 18.9 Å². The molecular formula is C23H32N2O5. The van der Waals surface area contributed by atoms with Crippen LogP contribution in [0.2, 0.25) is 0 Å². The lowest BCUT2D eigenvalue weighted by molar-refractivity contribution is -0.122. The molecule has 0 fully saturated rings. The van der Waals surface area contributed by atoms with E-state index in [1.807, 2.05) is 37.3 Å². The van der Waals surface area contributed by atoms with Crippen molar-refractivity contribution in [3.8, 4) is 23.0 Å². The lowest BCUT2D eigenvalue weighted by Crippen LogP contribution is -2.38. The molecule has 1 amide bonds. The first-order valence-corrected chi connectivity index (χ1v) is 9.90. The van der Waals surface area contributed by atoms with E-state index in [0.29, 0.717) is 23.8 Å². The number of likely N-dealkylation sites (N-methyl/N-ethyl adjacent to an activating group) is 1. The van der Waals surface area contributed by atoms with Gasteiger partial charge in [0.15, 0.2) is 11.5 Å². The molecule has 0 aliphatic heterocycles. The summed E-state index contributed by atoms with van der Waals surface area (Å²) in [5.41, 5.74) is 1.91. The number of methoxy groups -OCH3 is 4. The Morgan fingerprint density at radius 1 is 0.967 bits per heavy atom. The second kappa shape index (κ2) is 11.3.